The van der Waals surface area contributed by atoms with Gasteiger partial charge in [0.25, 0.3) is 5.24 Å². The molecule has 6 nitrogen and oxygen atoms in total. The van der Waals surface area contributed by atoms with Gasteiger partial charge >= 0.3 is 5.97 Å². The fraction of sp³-hybridized carbons (Fsp3) is 0.750. The van der Waals surface area contributed by atoms with Gasteiger partial charge in [-0.25, -0.2) is 4.79 Å². The van der Waals surface area contributed by atoms with Crippen LogP contribution in [0.3, 0.4) is 0 Å². The van der Waals surface area contributed by atoms with Gasteiger partial charge in [-0.1, -0.05) is 25.1 Å². The van der Waals surface area contributed by atoms with Gasteiger partial charge in [0.1, 0.15) is 11.6 Å². The minimum Gasteiger partial charge on any atom is -0.479 e. The zero-order valence-electron chi connectivity index (χ0n) is 10.8. The van der Waals surface area contributed by atoms with E-state index in [0.29, 0.717) is 38.0 Å². The number of hydrogen-bond acceptors (Lipinski definition) is 4. The van der Waals surface area contributed by atoms with Gasteiger partial charge in [-0.3, -0.25) is 9.59 Å². The molecule has 2 saturated heterocycles. The summed E-state index contributed by atoms with van der Waals surface area (Å²) in [6.45, 7) is 2.38. The molecule has 0 spiro atoms. The normalized spacial score (nSPS) is 30.5. The van der Waals surface area contributed by atoms with E-state index in [-0.39, 0.29) is 11.1 Å². The Morgan fingerprint density at radius 3 is 2.84 bits per heavy atom. The molecule has 2 N–H and O–H groups in total. The minimum absolute atomic E-state index is 0.214. The van der Waals surface area contributed by atoms with Crippen LogP contribution in [0.15, 0.2) is 0 Å². The largest absolute Gasteiger partial charge is 0.479 e. The molecule has 2 heterocycles. The van der Waals surface area contributed by atoms with Crippen molar-refractivity contribution in [3.05, 3.63) is 0 Å². The van der Waals surface area contributed by atoms with Crippen molar-refractivity contribution < 1.29 is 19.5 Å². The molecule has 0 aromatic rings. The van der Waals surface area contributed by atoms with E-state index in [1.54, 1.807) is 0 Å². The Labute approximate surface area is 115 Å². The summed E-state index contributed by atoms with van der Waals surface area (Å²) < 4.78 is 0. The molecule has 2 unspecified atom stereocenters. The summed E-state index contributed by atoms with van der Waals surface area (Å²) in [6.07, 6.45) is 2.37. The van der Waals surface area contributed by atoms with E-state index in [1.807, 2.05) is 6.92 Å². The summed E-state index contributed by atoms with van der Waals surface area (Å²) >= 11 is 1.07. The molecule has 2 fully saturated rings. The summed E-state index contributed by atoms with van der Waals surface area (Å²) in [5.41, 5.74) is -1.08. The Kier molecular flexibility index (Phi) is 4.03. The molecule has 2 rings (SSSR count). The number of nitrogens with one attached hydrogen (secondary N) is 1. The molecule has 2 atom stereocenters. The van der Waals surface area contributed by atoms with E-state index in [4.69, 9.17) is 0 Å². The highest BCUT2D eigenvalue weighted by Gasteiger charge is 2.50. The highest BCUT2D eigenvalue weighted by atomic mass is 32.2. The van der Waals surface area contributed by atoms with Crippen molar-refractivity contribution in [1.29, 1.82) is 0 Å². The Hall–Kier alpha value is -1.24. The Balaban J connectivity index is 2.19. The first-order valence-electron chi connectivity index (χ1n) is 6.49. The van der Waals surface area contributed by atoms with Crippen LogP contribution in [0.25, 0.3) is 0 Å². The van der Waals surface area contributed by atoms with Crippen LogP contribution in [-0.4, -0.2) is 51.0 Å². The zero-order valence-corrected chi connectivity index (χ0v) is 11.7. The van der Waals surface area contributed by atoms with E-state index < -0.39 is 17.6 Å². The topological polar surface area (TPSA) is 86.7 Å². The first-order chi connectivity index (χ1) is 9.01. The lowest BCUT2D eigenvalue weighted by Gasteiger charge is -2.36. The van der Waals surface area contributed by atoms with Crippen molar-refractivity contribution in [3.8, 4) is 0 Å². The van der Waals surface area contributed by atoms with Crippen molar-refractivity contribution in [2.24, 2.45) is 0 Å². The number of carboxylic acids is 1. The van der Waals surface area contributed by atoms with Gasteiger partial charge < -0.3 is 15.3 Å². The number of nitrogens with zero attached hydrogens (tertiary/aromatic N) is 1. The van der Waals surface area contributed by atoms with Gasteiger partial charge in [0.15, 0.2) is 0 Å². The van der Waals surface area contributed by atoms with Crippen molar-refractivity contribution >= 4 is 28.9 Å². The van der Waals surface area contributed by atoms with Crippen LogP contribution >= 0.6 is 11.8 Å². The van der Waals surface area contributed by atoms with Gasteiger partial charge in [-0.05, 0) is 19.3 Å². The summed E-state index contributed by atoms with van der Waals surface area (Å²) in [6, 6.07) is -0.578. The van der Waals surface area contributed by atoms with Gasteiger partial charge in [0, 0.05) is 12.3 Å². The number of hydrogen-bond donors (Lipinski definition) is 2. The van der Waals surface area contributed by atoms with Crippen LogP contribution in [0.4, 0.5) is 4.79 Å². The fourth-order valence-corrected chi connectivity index (χ4v) is 3.68. The predicted octanol–water partition coefficient (Wildman–Crippen LogP) is 1.06. The Morgan fingerprint density at radius 1 is 1.58 bits per heavy atom. The van der Waals surface area contributed by atoms with Crippen LogP contribution in [-0.2, 0) is 9.59 Å². The number of carboxylic acid groups (broad SMARTS) is 1. The smallest absolute Gasteiger partial charge is 0.329 e. The summed E-state index contributed by atoms with van der Waals surface area (Å²) in [5.74, 6) is -0.806. The number of thioether (sulfide) groups is 1. The van der Waals surface area contributed by atoms with Crippen LogP contribution in [0.1, 0.15) is 32.6 Å². The maximum atomic E-state index is 12.4. The Morgan fingerprint density at radius 2 is 2.32 bits per heavy atom. The number of amides is 2. The highest BCUT2D eigenvalue weighted by molar-refractivity contribution is 8.14. The van der Waals surface area contributed by atoms with Crippen molar-refractivity contribution in [2.45, 2.75) is 44.2 Å². The zero-order chi connectivity index (χ0) is 14.0. The Bertz CT molecular complexity index is 415. The average Bonchev–Trinajstić information content (AvgIpc) is 2.96. The van der Waals surface area contributed by atoms with Crippen LogP contribution in [0, 0.1) is 0 Å². The molecule has 0 aliphatic carbocycles. The predicted molar refractivity (Wildman–Crippen MR) is 71.0 cm³/mol. The van der Waals surface area contributed by atoms with Gasteiger partial charge in [0.05, 0.1) is 0 Å². The average molecular weight is 286 g/mol. The standard InChI is InChI=1S/C12H18N2O4S/c1-2-4-12(10(16)17)5-3-6-14(12)9(15)8-7-19-11(18)13-8/h8H,2-7H2,1H3,(H,13,18)(H,16,17). The molecule has 0 aromatic carbocycles. The second kappa shape index (κ2) is 5.40. The van der Waals surface area contributed by atoms with E-state index in [1.165, 1.54) is 4.90 Å². The number of likely N-dealkylation sites (tertiary alicyclic amines) is 1. The lowest BCUT2D eigenvalue weighted by molar-refractivity contribution is -0.157. The summed E-state index contributed by atoms with van der Waals surface area (Å²) in [5, 5.41) is 11.9. The third-order valence-corrected chi connectivity index (χ3v) is 4.67. The quantitative estimate of drug-likeness (QED) is 0.807. The maximum Gasteiger partial charge on any atom is 0.329 e. The molecule has 106 valence electrons. The van der Waals surface area contributed by atoms with Crippen molar-refractivity contribution in [3.63, 3.8) is 0 Å². The van der Waals surface area contributed by atoms with Crippen molar-refractivity contribution in [1.82, 2.24) is 10.2 Å². The molecule has 0 radical (unpaired) electrons. The molecule has 19 heavy (non-hydrogen) atoms. The lowest BCUT2D eigenvalue weighted by Crippen LogP contribution is -2.57. The second-order valence-electron chi connectivity index (χ2n) is 4.98. The first kappa shape index (κ1) is 14.2. The molecule has 7 heteroatoms. The number of carbonyl (C=O) groups is 3. The molecule has 0 aromatic heterocycles. The van der Waals surface area contributed by atoms with E-state index in [0.717, 1.165) is 11.8 Å². The SMILES string of the molecule is CCCC1(C(=O)O)CCCN1C(=O)C1CSC(=O)N1. The molecule has 2 amide bonds. The third-order valence-electron chi connectivity index (χ3n) is 3.79. The van der Waals surface area contributed by atoms with Gasteiger partial charge in [0.2, 0.25) is 5.91 Å². The van der Waals surface area contributed by atoms with E-state index in [2.05, 4.69) is 5.32 Å². The summed E-state index contributed by atoms with van der Waals surface area (Å²) in [4.78, 5) is 36.7. The molecule has 0 bridgehead atoms. The van der Waals surface area contributed by atoms with Gasteiger partial charge in [-0.15, -0.1) is 0 Å². The lowest BCUT2D eigenvalue weighted by atomic mass is 9.90. The first-order valence-corrected chi connectivity index (χ1v) is 7.48. The molecule has 0 saturated carbocycles. The number of carbonyl (C=O) groups excluding carboxylic acids is 2. The molecular formula is C12H18N2O4S. The molecule has 2 aliphatic rings. The van der Waals surface area contributed by atoms with Crippen molar-refractivity contribution in [2.75, 3.05) is 12.3 Å². The monoisotopic (exact) mass is 286 g/mol. The number of rotatable bonds is 4. The van der Waals surface area contributed by atoms with Crippen LogP contribution in [0.2, 0.25) is 0 Å². The van der Waals surface area contributed by atoms with E-state index >= 15 is 0 Å². The third kappa shape index (κ3) is 2.43. The fourth-order valence-electron chi connectivity index (χ4n) is 2.91. The highest BCUT2D eigenvalue weighted by Crippen LogP contribution is 2.35. The van der Waals surface area contributed by atoms with Crippen LogP contribution < -0.4 is 5.32 Å². The minimum atomic E-state index is -1.08. The second-order valence-corrected chi connectivity index (χ2v) is 5.97. The summed E-state index contributed by atoms with van der Waals surface area (Å²) in [7, 11) is 0. The van der Waals surface area contributed by atoms with E-state index in [9.17, 15) is 19.5 Å². The maximum absolute atomic E-state index is 12.4. The molecular weight excluding hydrogens is 268 g/mol. The molecule has 2 aliphatic heterocycles. The number of aliphatic carboxylic acids is 1. The van der Waals surface area contributed by atoms with Gasteiger partial charge in [-0.2, -0.15) is 0 Å². The van der Waals surface area contributed by atoms with Crippen LogP contribution in [0.5, 0.6) is 0 Å².